The van der Waals surface area contributed by atoms with Crippen molar-refractivity contribution in [3.05, 3.63) is 36.0 Å². The van der Waals surface area contributed by atoms with Gasteiger partial charge in [-0.1, -0.05) is 12.1 Å². The molecule has 8 nitrogen and oxygen atoms in total. The molecule has 0 bridgehead atoms. The molecule has 2 aromatic rings. The number of likely N-dealkylation sites (tertiary alicyclic amines) is 2. The smallest absolute Gasteiger partial charge is 0.426 e. The highest BCUT2D eigenvalue weighted by atomic mass is 19.4. The molecule has 14 heteroatoms. The minimum absolute atomic E-state index is 0.0481. The number of benzene rings is 1. The summed E-state index contributed by atoms with van der Waals surface area (Å²) in [5.74, 6) is -0.138. The molecule has 3 saturated heterocycles. The van der Waals surface area contributed by atoms with Crippen LogP contribution in [-0.4, -0.2) is 96.6 Å². The number of anilines is 1. The van der Waals surface area contributed by atoms with Gasteiger partial charge in [0.1, 0.15) is 0 Å². The molecule has 220 valence electrons. The Labute approximate surface area is 227 Å². The lowest BCUT2D eigenvalue weighted by atomic mass is 10.0. The van der Waals surface area contributed by atoms with Gasteiger partial charge in [0.15, 0.2) is 0 Å². The molecule has 2 atom stereocenters. The third-order valence-corrected chi connectivity index (χ3v) is 7.71. The van der Waals surface area contributed by atoms with E-state index in [4.69, 9.17) is 9.84 Å². The number of fused-ring (bicyclic) bond motifs is 1. The third kappa shape index (κ3) is 6.17. The highest BCUT2D eigenvalue weighted by molar-refractivity contribution is 5.68. The minimum Gasteiger partial charge on any atom is -0.426 e. The van der Waals surface area contributed by atoms with Gasteiger partial charge >= 0.3 is 18.4 Å². The lowest BCUT2D eigenvalue weighted by Crippen LogP contribution is -2.48. The van der Waals surface area contributed by atoms with Gasteiger partial charge in [-0.15, -0.1) is 0 Å². The first kappa shape index (κ1) is 28.5. The van der Waals surface area contributed by atoms with E-state index in [1.165, 1.54) is 0 Å². The summed E-state index contributed by atoms with van der Waals surface area (Å²) < 4.78 is 88.0. The van der Waals surface area contributed by atoms with Crippen LogP contribution < -0.4 is 4.90 Å². The Hall–Kier alpha value is -3.00. The van der Waals surface area contributed by atoms with E-state index in [-0.39, 0.29) is 24.9 Å². The Morgan fingerprint density at radius 1 is 1.00 bits per heavy atom. The van der Waals surface area contributed by atoms with E-state index in [9.17, 15) is 31.1 Å². The molecule has 3 fully saturated rings. The van der Waals surface area contributed by atoms with E-state index in [1.807, 2.05) is 29.9 Å². The second-order valence-corrected chi connectivity index (χ2v) is 10.5. The molecule has 1 amide bonds. The molecule has 1 aromatic heterocycles. The van der Waals surface area contributed by atoms with E-state index < -0.39 is 24.5 Å². The molecule has 0 radical (unpaired) electrons. The summed E-state index contributed by atoms with van der Waals surface area (Å²) in [6.45, 7) is 7.57. The Bertz CT molecular complexity index is 1150. The normalized spacial score (nSPS) is 22.3. The van der Waals surface area contributed by atoms with Crippen molar-refractivity contribution in [1.29, 1.82) is 0 Å². The molecule has 0 aliphatic carbocycles. The van der Waals surface area contributed by atoms with Gasteiger partial charge < -0.3 is 19.3 Å². The van der Waals surface area contributed by atoms with Crippen LogP contribution in [0.1, 0.15) is 12.5 Å². The average Bonchev–Trinajstić information content (AvgIpc) is 3.60. The highest BCUT2D eigenvalue weighted by Crippen LogP contribution is 2.38. The predicted molar refractivity (Wildman–Crippen MR) is 133 cm³/mol. The zero-order valence-corrected chi connectivity index (χ0v) is 21.9. The van der Waals surface area contributed by atoms with E-state index in [1.54, 1.807) is 0 Å². The molecular formula is C26H31F6N5O3. The Morgan fingerprint density at radius 3 is 2.15 bits per heavy atom. The zero-order chi connectivity index (χ0) is 28.7. The molecule has 0 saturated carbocycles. The van der Waals surface area contributed by atoms with Crippen molar-refractivity contribution in [3.8, 4) is 11.3 Å². The molecule has 3 aliphatic heterocycles. The van der Waals surface area contributed by atoms with Gasteiger partial charge in [-0.3, -0.25) is 9.58 Å². The lowest BCUT2D eigenvalue weighted by Gasteiger charge is -2.28. The summed E-state index contributed by atoms with van der Waals surface area (Å²) >= 11 is 0. The van der Waals surface area contributed by atoms with Crippen molar-refractivity contribution in [1.82, 2.24) is 19.6 Å². The first-order chi connectivity index (χ1) is 18.9. The Morgan fingerprint density at radius 2 is 1.60 bits per heavy atom. The molecule has 2 unspecified atom stereocenters. The summed E-state index contributed by atoms with van der Waals surface area (Å²) in [5.41, 5.74) is 3.99. The van der Waals surface area contributed by atoms with E-state index >= 15 is 0 Å². The number of hydrogen-bond acceptors (Lipinski definition) is 6. The van der Waals surface area contributed by atoms with Crippen LogP contribution in [0.5, 0.6) is 0 Å². The van der Waals surface area contributed by atoms with E-state index in [0.717, 1.165) is 40.5 Å². The number of nitrogens with zero attached hydrogens (tertiary/aromatic N) is 5. The van der Waals surface area contributed by atoms with Crippen molar-refractivity contribution in [3.63, 3.8) is 0 Å². The number of morpholine rings is 1. The van der Waals surface area contributed by atoms with Crippen molar-refractivity contribution in [2.45, 2.75) is 38.5 Å². The topological polar surface area (TPSA) is 63.1 Å². The summed E-state index contributed by atoms with van der Waals surface area (Å²) in [5, 5.41) is 4.76. The number of hydrogen-bond donors (Lipinski definition) is 0. The van der Waals surface area contributed by atoms with Crippen LogP contribution in [0.2, 0.25) is 0 Å². The highest BCUT2D eigenvalue weighted by Gasteiger charge is 2.60. The molecule has 1 aromatic carbocycles. The Kier molecular flexibility index (Phi) is 7.92. The van der Waals surface area contributed by atoms with Crippen molar-refractivity contribution >= 4 is 11.8 Å². The quantitative estimate of drug-likeness (QED) is 0.476. The maximum Gasteiger partial charge on any atom is 0.434 e. The average molecular weight is 576 g/mol. The number of amides is 1. The van der Waals surface area contributed by atoms with Crippen molar-refractivity contribution in [2.24, 2.45) is 11.8 Å². The number of carbonyl (C=O) groups excluding carboxylic acids is 1. The van der Waals surface area contributed by atoms with Crippen LogP contribution in [0.15, 0.2) is 30.5 Å². The minimum atomic E-state index is -5.73. The monoisotopic (exact) mass is 575 g/mol. The third-order valence-electron chi connectivity index (χ3n) is 7.71. The van der Waals surface area contributed by atoms with Gasteiger partial charge in [0.25, 0.3) is 6.10 Å². The number of aryl methyl sites for hydroxylation is 1. The van der Waals surface area contributed by atoms with E-state index in [2.05, 4.69) is 26.7 Å². The number of ether oxygens (including phenoxy) is 2. The van der Waals surface area contributed by atoms with Crippen LogP contribution in [0.3, 0.4) is 0 Å². The molecule has 40 heavy (non-hydrogen) atoms. The first-order valence-electron chi connectivity index (χ1n) is 13.2. The number of rotatable bonds is 6. The van der Waals surface area contributed by atoms with Gasteiger partial charge in [-0.2, -0.15) is 31.4 Å². The summed E-state index contributed by atoms with van der Waals surface area (Å²) in [6.07, 6.45) is -15.2. The fourth-order valence-electron chi connectivity index (χ4n) is 5.74. The van der Waals surface area contributed by atoms with Gasteiger partial charge in [-0.05, 0) is 30.9 Å². The molecule has 4 heterocycles. The van der Waals surface area contributed by atoms with Crippen LogP contribution in [0, 0.1) is 11.8 Å². The molecule has 5 rings (SSSR count). The molecule has 0 N–H and O–H groups in total. The van der Waals surface area contributed by atoms with Crippen LogP contribution in [0.4, 0.5) is 36.8 Å². The van der Waals surface area contributed by atoms with Gasteiger partial charge in [0, 0.05) is 75.4 Å². The largest absolute Gasteiger partial charge is 0.434 e. The maximum atomic E-state index is 12.8. The number of carbonyl (C=O) groups is 1. The molecule has 3 aliphatic rings. The van der Waals surface area contributed by atoms with E-state index in [0.29, 0.717) is 39.4 Å². The fraction of sp³-hybridized carbons (Fsp3) is 0.615. The fourth-order valence-corrected chi connectivity index (χ4v) is 5.74. The first-order valence-corrected chi connectivity index (χ1v) is 13.2. The molecular weight excluding hydrogens is 544 g/mol. The summed E-state index contributed by atoms with van der Waals surface area (Å²) in [7, 11) is 0. The van der Waals surface area contributed by atoms with Crippen LogP contribution in [0.25, 0.3) is 11.3 Å². The van der Waals surface area contributed by atoms with Crippen molar-refractivity contribution in [2.75, 3.05) is 57.4 Å². The van der Waals surface area contributed by atoms with Crippen LogP contribution in [-0.2, 0) is 22.6 Å². The number of halogens is 6. The number of alkyl halides is 6. The maximum absolute atomic E-state index is 12.8. The number of aromatic nitrogens is 2. The van der Waals surface area contributed by atoms with Gasteiger partial charge in [0.2, 0.25) is 0 Å². The van der Waals surface area contributed by atoms with Crippen molar-refractivity contribution < 1.29 is 40.6 Å². The Balaban J connectivity index is 1.21. The van der Waals surface area contributed by atoms with Gasteiger partial charge in [-0.25, -0.2) is 4.79 Å². The summed E-state index contributed by atoms with van der Waals surface area (Å²) in [4.78, 5) is 17.6. The van der Waals surface area contributed by atoms with Gasteiger partial charge in [0.05, 0.1) is 18.9 Å². The predicted octanol–water partition coefficient (Wildman–Crippen LogP) is 4.40. The second kappa shape index (κ2) is 11.1. The molecule has 0 spiro atoms. The SMILES string of the molecule is CCn1cc(CN2CC3CN(C(=O)OC(C(F)(F)F)C(F)(F)F)CC3C2)c(-c2ccc(N3CCOCC3)cc2)n1. The van der Waals surface area contributed by atoms with Crippen LogP contribution >= 0.6 is 0 Å². The zero-order valence-electron chi connectivity index (χ0n) is 21.9. The summed E-state index contributed by atoms with van der Waals surface area (Å²) in [6, 6.07) is 8.25. The standard InChI is InChI=1S/C26H31F6N5O3/c1-2-37-16-20(22(33-37)17-3-5-21(6-4-17)35-7-9-39-10-8-35)13-34-11-18-14-36(15-19(18)12-34)24(38)40-23(25(27,28)29)26(30,31)32/h3-6,16,18-19,23H,2,7-15H2,1H3. The lowest BCUT2D eigenvalue weighted by molar-refractivity contribution is -0.308. The second-order valence-electron chi connectivity index (χ2n) is 10.5.